The Morgan fingerprint density at radius 1 is 1.19 bits per heavy atom. The molecule has 1 aliphatic heterocycles. The number of carbonyl (C=O) groups excluding carboxylic acids is 2. The van der Waals surface area contributed by atoms with Gasteiger partial charge in [0.05, 0.1) is 6.54 Å². The van der Waals surface area contributed by atoms with E-state index in [4.69, 9.17) is 14.9 Å². The first-order valence-electron chi connectivity index (χ1n) is 9.47. The molecule has 1 unspecified atom stereocenters. The Bertz CT molecular complexity index is 931. The number of nitrogens with zero attached hydrogens (tertiary/aromatic N) is 4. The number of hydrogen-bond donors (Lipinski definition) is 2. The van der Waals surface area contributed by atoms with Crippen LogP contribution in [0.5, 0.6) is 0 Å². The lowest BCUT2D eigenvalue weighted by atomic mass is 10.1. The van der Waals surface area contributed by atoms with Crippen molar-refractivity contribution in [1.82, 2.24) is 10.2 Å². The third kappa shape index (κ3) is 6.36. The maximum absolute atomic E-state index is 13.9. The molecule has 0 aromatic heterocycles. The summed E-state index contributed by atoms with van der Waals surface area (Å²) in [6.07, 6.45) is 1.38. The smallest absolute Gasteiger partial charge is 0.352 e. The number of benzene rings is 1. The van der Waals surface area contributed by atoms with Gasteiger partial charge in [-0.05, 0) is 24.8 Å². The van der Waals surface area contributed by atoms with E-state index in [1.165, 1.54) is 4.90 Å². The topological polar surface area (TPSA) is 145 Å². The van der Waals surface area contributed by atoms with Crippen LogP contribution in [0, 0.1) is 23.3 Å². The molecule has 1 saturated heterocycles. The van der Waals surface area contributed by atoms with Crippen LogP contribution >= 0.6 is 8.25 Å². The average molecular weight is 480 g/mol. The number of carbonyl (C=O) groups is 2. The number of likely N-dealkylation sites (tertiary alicyclic amines) is 1. The third-order valence-corrected chi connectivity index (χ3v) is 5.18. The van der Waals surface area contributed by atoms with Crippen LogP contribution in [-0.2, 0) is 13.9 Å². The Kier molecular flexibility index (Phi) is 9.33. The molecule has 1 heterocycles. The van der Waals surface area contributed by atoms with Crippen molar-refractivity contribution < 1.29 is 41.1 Å². The molecule has 0 aliphatic carbocycles. The Balaban J connectivity index is 1.77. The minimum Gasteiger partial charge on any atom is -0.352 e. The van der Waals surface area contributed by atoms with Crippen LogP contribution < -0.4 is 5.32 Å². The average Bonchev–Trinajstić information content (AvgIpc) is 3.20. The predicted molar refractivity (Wildman–Crippen MR) is 102 cm³/mol. The van der Waals surface area contributed by atoms with E-state index in [0.717, 1.165) is 0 Å². The summed E-state index contributed by atoms with van der Waals surface area (Å²) in [5.41, 5.74) is 5.23. The van der Waals surface area contributed by atoms with Gasteiger partial charge in [0.25, 0.3) is 5.91 Å². The normalized spacial score (nSPS) is 16.0. The minimum atomic E-state index is -2.73. The summed E-state index contributed by atoms with van der Waals surface area (Å²) < 4.78 is 70.8. The first-order valence-corrected chi connectivity index (χ1v) is 10.6. The molecule has 2 atom stereocenters. The summed E-state index contributed by atoms with van der Waals surface area (Å²) >= 11 is 0. The molecule has 2 amide bonds. The van der Waals surface area contributed by atoms with Crippen molar-refractivity contribution in [1.29, 1.82) is 0 Å². The highest BCUT2D eigenvalue weighted by atomic mass is 31.1. The van der Waals surface area contributed by atoms with E-state index in [0.29, 0.717) is 32.2 Å². The van der Waals surface area contributed by atoms with Crippen LogP contribution in [0.4, 0.5) is 23.2 Å². The molecule has 32 heavy (non-hydrogen) atoms. The van der Waals surface area contributed by atoms with E-state index < -0.39 is 54.8 Å². The molecule has 2 rings (SSSR count). The van der Waals surface area contributed by atoms with Crippen LogP contribution in [0.1, 0.15) is 42.5 Å². The van der Waals surface area contributed by atoms with E-state index in [1.807, 2.05) is 0 Å². The zero-order chi connectivity index (χ0) is 23.8. The second-order valence-electron chi connectivity index (χ2n) is 6.83. The van der Waals surface area contributed by atoms with Crippen molar-refractivity contribution in [3.8, 4) is 0 Å². The Labute approximate surface area is 180 Å². The summed E-state index contributed by atoms with van der Waals surface area (Å²) in [6, 6.07) is 0. The molecule has 1 aromatic carbocycles. The van der Waals surface area contributed by atoms with Crippen molar-refractivity contribution in [3.05, 3.63) is 39.3 Å². The zero-order valence-electron chi connectivity index (χ0n) is 16.6. The third-order valence-electron chi connectivity index (χ3n) is 4.70. The van der Waals surface area contributed by atoms with Gasteiger partial charge < -0.3 is 10.2 Å². The molecule has 1 aliphatic rings. The number of amides is 2. The number of nitrogens with one attached hydrogen (secondary N) is 1. The maximum atomic E-state index is 13.9. The fourth-order valence-corrected chi connectivity index (χ4v) is 3.57. The van der Waals surface area contributed by atoms with Crippen molar-refractivity contribution in [2.24, 2.45) is 5.11 Å². The van der Waals surface area contributed by atoms with Gasteiger partial charge >= 0.3 is 8.25 Å². The van der Waals surface area contributed by atoms with Crippen molar-refractivity contribution in [2.45, 2.75) is 38.2 Å². The molecule has 0 bridgehead atoms. The molecule has 0 saturated carbocycles. The van der Waals surface area contributed by atoms with Gasteiger partial charge in [0, 0.05) is 29.0 Å². The van der Waals surface area contributed by atoms with Gasteiger partial charge in [-0.25, -0.2) is 17.6 Å². The molecule has 10 nitrogen and oxygen atoms in total. The molecule has 1 aromatic rings. The van der Waals surface area contributed by atoms with Gasteiger partial charge in [0.15, 0.2) is 23.3 Å². The van der Waals surface area contributed by atoms with Gasteiger partial charge in [0.2, 0.25) is 5.91 Å². The second-order valence-corrected chi connectivity index (χ2v) is 7.52. The Morgan fingerprint density at radius 2 is 1.84 bits per heavy atom. The van der Waals surface area contributed by atoms with Crippen molar-refractivity contribution in [2.75, 3.05) is 19.6 Å². The highest BCUT2D eigenvalue weighted by Gasteiger charge is 2.33. The minimum absolute atomic E-state index is 0.0730. The molecule has 0 spiro atoms. The number of halogens is 4. The van der Waals surface area contributed by atoms with Gasteiger partial charge in [-0.3, -0.25) is 9.59 Å². The van der Waals surface area contributed by atoms with Crippen LogP contribution in [0.15, 0.2) is 5.11 Å². The summed E-state index contributed by atoms with van der Waals surface area (Å²) in [6.45, 7) is 0.557. The van der Waals surface area contributed by atoms with Crippen molar-refractivity contribution >= 4 is 25.8 Å². The van der Waals surface area contributed by atoms with Crippen molar-refractivity contribution in [3.63, 3.8) is 0 Å². The van der Waals surface area contributed by atoms with E-state index in [9.17, 15) is 31.7 Å². The van der Waals surface area contributed by atoms with E-state index >= 15 is 0 Å². The summed E-state index contributed by atoms with van der Waals surface area (Å²) in [7, 11) is -2.73. The first kappa shape index (κ1) is 25.5. The Morgan fingerprint density at radius 3 is 2.44 bits per heavy atom. The largest absolute Gasteiger partial charge is 0.695 e. The van der Waals surface area contributed by atoms with Crippen LogP contribution in [-0.4, -0.2) is 47.3 Å². The van der Waals surface area contributed by atoms with Gasteiger partial charge in [0.1, 0.15) is 17.4 Å². The molecule has 1 fully saturated rings. The van der Waals surface area contributed by atoms with Gasteiger partial charge in [-0.2, -0.15) is 0 Å². The van der Waals surface area contributed by atoms with Crippen LogP contribution in [0.25, 0.3) is 10.4 Å². The first-order chi connectivity index (χ1) is 15.2. The van der Waals surface area contributed by atoms with E-state index in [-0.39, 0.29) is 25.4 Å². The van der Waals surface area contributed by atoms with E-state index in [2.05, 4.69) is 15.3 Å². The quantitative estimate of drug-likeness (QED) is 0.0997. The lowest BCUT2D eigenvalue weighted by Crippen LogP contribution is -2.29. The van der Waals surface area contributed by atoms with Crippen LogP contribution in [0.2, 0.25) is 0 Å². The lowest BCUT2D eigenvalue weighted by molar-refractivity contribution is -0.130. The summed E-state index contributed by atoms with van der Waals surface area (Å²) in [5.74, 6) is -9.46. The molecule has 2 N–H and O–H groups in total. The highest BCUT2D eigenvalue weighted by Crippen LogP contribution is 2.30. The number of unbranched alkanes of at least 4 members (excludes halogenated alkanes) is 2. The molecular weight excluding hydrogens is 461 g/mol. The Hall–Kier alpha value is -2.79. The number of azide groups is 1. The number of rotatable bonds is 10. The lowest BCUT2D eigenvalue weighted by Gasteiger charge is -2.15. The summed E-state index contributed by atoms with van der Waals surface area (Å²) in [4.78, 5) is 36.3. The standard InChI is InChI=1S/C17H18F4N5O5P/c18-12-11(13(19)15(21)16(14(12)20)24-25-22)17(28)23-6-3-1-2-4-10(27)26-7-5-9(8-26)31-32(29)30/h9H,1-8H2,(H-,23,28,29,30)/p+1/t9-/m1/s1. The zero-order valence-corrected chi connectivity index (χ0v) is 17.5. The maximum Gasteiger partial charge on any atom is 0.695 e. The van der Waals surface area contributed by atoms with Crippen LogP contribution in [0.3, 0.4) is 0 Å². The fourth-order valence-electron chi connectivity index (χ4n) is 3.15. The second kappa shape index (κ2) is 11.7. The highest BCUT2D eigenvalue weighted by molar-refractivity contribution is 7.32. The summed E-state index contributed by atoms with van der Waals surface area (Å²) in [5, 5.41) is 4.67. The molecular formula is C17H19F4N5O5P+. The molecule has 15 heteroatoms. The number of hydrogen-bond acceptors (Lipinski definition) is 5. The van der Waals surface area contributed by atoms with E-state index in [1.54, 1.807) is 0 Å². The van der Waals surface area contributed by atoms with Gasteiger partial charge in [-0.1, -0.05) is 11.5 Å². The molecule has 174 valence electrons. The fraction of sp³-hybridized carbons (Fsp3) is 0.529. The molecule has 0 radical (unpaired) electrons. The SMILES string of the molecule is [N-]=[N+]=Nc1c(F)c(F)c(C(=O)NCCCCCC(=O)N2CC[C@@H](O[P+](=O)O)C2)c(F)c1F. The monoisotopic (exact) mass is 480 g/mol. The predicted octanol–water partition coefficient (Wildman–Crippen LogP) is 3.74. The van der Waals surface area contributed by atoms with Gasteiger partial charge in [-0.15, -0.1) is 9.42 Å².